The summed E-state index contributed by atoms with van der Waals surface area (Å²) in [5, 5.41) is 3.47. The van der Waals surface area contributed by atoms with Gasteiger partial charge in [-0.15, -0.1) is 0 Å². The third-order valence-electron chi connectivity index (χ3n) is 2.68. The van der Waals surface area contributed by atoms with E-state index in [1.54, 1.807) is 17.0 Å². The van der Waals surface area contributed by atoms with Gasteiger partial charge in [-0.05, 0) is 17.7 Å². The van der Waals surface area contributed by atoms with Gasteiger partial charge in [0, 0.05) is 24.0 Å². The fourth-order valence-corrected chi connectivity index (χ4v) is 2.10. The summed E-state index contributed by atoms with van der Waals surface area (Å²) in [6.45, 7) is 1.26. The van der Waals surface area contributed by atoms with Crippen LogP contribution >= 0.6 is 15.9 Å². The number of nitrogens with zero attached hydrogens (tertiary/aromatic N) is 1. The van der Waals surface area contributed by atoms with Gasteiger partial charge in [0.2, 0.25) is 5.91 Å². The molecule has 1 aromatic carbocycles. The summed E-state index contributed by atoms with van der Waals surface area (Å²) in [6, 6.07) is 7.41. The van der Waals surface area contributed by atoms with Crippen molar-refractivity contribution < 1.29 is 9.59 Å². The zero-order valence-corrected chi connectivity index (χ0v) is 10.9. The Kier molecular flexibility index (Phi) is 3.78. The van der Waals surface area contributed by atoms with Crippen molar-refractivity contribution in [3.8, 4) is 0 Å². The van der Waals surface area contributed by atoms with Crippen LogP contribution in [-0.2, 0) is 10.1 Å². The van der Waals surface area contributed by atoms with E-state index in [1.165, 1.54) is 0 Å². The first-order chi connectivity index (χ1) is 8.20. The van der Waals surface area contributed by atoms with E-state index in [-0.39, 0.29) is 18.4 Å². The third kappa shape index (κ3) is 2.85. The molecule has 0 bridgehead atoms. The fourth-order valence-electron chi connectivity index (χ4n) is 1.73. The Labute approximate surface area is 108 Å². The molecule has 4 nitrogen and oxygen atoms in total. The number of carbonyl (C=O) groups is 2. The molecular formula is C12H13BrN2O2. The van der Waals surface area contributed by atoms with Crippen molar-refractivity contribution in [1.82, 2.24) is 10.2 Å². The summed E-state index contributed by atoms with van der Waals surface area (Å²) in [7, 11) is 0. The molecule has 2 amide bonds. The molecule has 5 heteroatoms. The van der Waals surface area contributed by atoms with E-state index in [0.29, 0.717) is 18.7 Å². The maximum atomic E-state index is 12.1. The lowest BCUT2D eigenvalue weighted by Gasteiger charge is -2.26. The molecule has 1 aliphatic heterocycles. The first-order valence-electron chi connectivity index (χ1n) is 5.41. The molecule has 1 fully saturated rings. The van der Waals surface area contributed by atoms with Crippen molar-refractivity contribution in [2.24, 2.45) is 0 Å². The van der Waals surface area contributed by atoms with Crippen molar-refractivity contribution >= 4 is 27.7 Å². The molecule has 0 radical (unpaired) electrons. The highest BCUT2D eigenvalue weighted by atomic mass is 79.9. The van der Waals surface area contributed by atoms with Crippen LogP contribution in [0.5, 0.6) is 0 Å². The van der Waals surface area contributed by atoms with Crippen LogP contribution in [0, 0.1) is 0 Å². The standard InChI is InChI=1S/C12H13BrN2O2/c13-7-9-1-3-10(4-2-9)12(17)15-6-5-14-11(16)8-15/h1-4H,5-8H2,(H,14,16). The number of alkyl halides is 1. The first kappa shape index (κ1) is 12.1. The van der Waals surface area contributed by atoms with Crippen LogP contribution in [-0.4, -0.2) is 36.3 Å². The summed E-state index contributed by atoms with van der Waals surface area (Å²) in [6.07, 6.45) is 0. The van der Waals surface area contributed by atoms with Gasteiger partial charge in [0.1, 0.15) is 0 Å². The Bertz CT molecular complexity index is 431. The minimum Gasteiger partial charge on any atom is -0.353 e. The van der Waals surface area contributed by atoms with Gasteiger partial charge in [-0.3, -0.25) is 9.59 Å². The lowest BCUT2D eigenvalue weighted by Crippen LogP contribution is -2.49. The lowest BCUT2D eigenvalue weighted by atomic mass is 10.1. The maximum Gasteiger partial charge on any atom is 0.254 e. The van der Waals surface area contributed by atoms with Crippen molar-refractivity contribution in [2.75, 3.05) is 19.6 Å². The highest BCUT2D eigenvalue weighted by Crippen LogP contribution is 2.10. The fraction of sp³-hybridized carbons (Fsp3) is 0.333. The van der Waals surface area contributed by atoms with Crippen LogP contribution in [0.1, 0.15) is 15.9 Å². The molecule has 0 aromatic heterocycles. The molecule has 0 atom stereocenters. The van der Waals surface area contributed by atoms with Gasteiger partial charge in [0.05, 0.1) is 6.54 Å². The van der Waals surface area contributed by atoms with E-state index in [1.807, 2.05) is 12.1 Å². The monoisotopic (exact) mass is 296 g/mol. The molecule has 0 saturated carbocycles. The van der Waals surface area contributed by atoms with Gasteiger partial charge in [-0.2, -0.15) is 0 Å². The topological polar surface area (TPSA) is 49.4 Å². The smallest absolute Gasteiger partial charge is 0.254 e. The van der Waals surface area contributed by atoms with Gasteiger partial charge in [-0.1, -0.05) is 28.1 Å². The lowest BCUT2D eigenvalue weighted by molar-refractivity contribution is -0.123. The number of piperazine rings is 1. The van der Waals surface area contributed by atoms with Crippen molar-refractivity contribution in [3.05, 3.63) is 35.4 Å². The number of hydrogen-bond donors (Lipinski definition) is 1. The summed E-state index contributed by atoms with van der Waals surface area (Å²) >= 11 is 3.36. The Hall–Kier alpha value is -1.36. The second kappa shape index (κ2) is 5.31. The van der Waals surface area contributed by atoms with Crippen LogP contribution in [0.4, 0.5) is 0 Å². The molecule has 0 unspecified atom stereocenters. The molecule has 0 spiro atoms. The largest absolute Gasteiger partial charge is 0.353 e. The number of carbonyl (C=O) groups excluding carboxylic acids is 2. The van der Waals surface area contributed by atoms with Crippen LogP contribution in [0.2, 0.25) is 0 Å². The Balaban J connectivity index is 2.10. The number of halogens is 1. The average Bonchev–Trinajstić information content (AvgIpc) is 2.38. The summed E-state index contributed by atoms with van der Waals surface area (Å²) in [4.78, 5) is 24.8. The maximum absolute atomic E-state index is 12.1. The summed E-state index contributed by atoms with van der Waals surface area (Å²) < 4.78 is 0. The molecule has 1 saturated heterocycles. The van der Waals surface area contributed by atoms with Gasteiger partial charge in [-0.25, -0.2) is 0 Å². The van der Waals surface area contributed by atoms with Crippen LogP contribution in [0.25, 0.3) is 0 Å². The quantitative estimate of drug-likeness (QED) is 0.833. The Morgan fingerprint density at radius 2 is 2.06 bits per heavy atom. The van der Waals surface area contributed by atoms with Crippen molar-refractivity contribution in [2.45, 2.75) is 5.33 Å². The van der Waals surface area contributed by atoms with Gasteiger partial charge in [0.25, 0.3) is 5.91 Å². The number of benzene rings is 1. The molecule has 90 valence electrons. The number of nitrogens with one attached hydrogen (secondary N) is 1. The van der Waals surface area contributed by atoms with E-state index in [2.05, 4.69) is 21.2 Å². The van der Waals surface area contributed by atoms with E-state index >= 15 is 0 Å². The predicted molar refractivity (Wildman–Crippen MR) is 68.0 cm³/mol. The molecule has 1 N–H and O–H groups in total. The minimum absolute atomic E-state index is 0.0824. The second-order valence-electron chi connectivity index (χ2n) is 3.91. The zero-order valence-electron chi connectivity index (χ0n) is 9.28. The third-order valence-corrected chi connectivity index (χ3v) is 3.33. The number of hydrogen-bond acceptors (Lipinski definition) is 2. The minimum atomic E-state index is -0.0957. The van der Waals surface area contributed by atoms with Crippen LogP contribution < -0.4 is 5.32 Å². The number of amides is 2. The van der Waals surface area contributed by atoms with Crippen molar-refractivity contribution in [3.63, 3.8) is 0 Å². The number of rotatable bonds is 2. The highest BCUT2D eigenvalue weighted by Gasteiger charge is 2.21. The predicted octanol–water partition coefficient (Wildman–Crippen LogP) is 1.15. The van der Waals surface area contributed by atoms with Crippen molar-refractivity contribution in [1.29, 1.82) is 0 Å². The van der Waals surface area contributed by atoms with E-state index in [9.17, 15) is 9.59 Å². The van der Waals surface area contributed by atoms with Crippen LogP contribution in [0.15, 0.2) is 24.3 Å². The normalized spacial score (nSPS) is 15.6. The SMILES string of the molecule is O=C1CN(C(=O)c2ccc(CBr)cc2)CCN1. The van der Waals surface area contributed by atoms with Gasteiger partial charge in [0.15, 0.2) is 0 Å². The van der Waals surface area contributed by atoms with E-state index in [4.69, 9.17) is 0 Å². The summed E-state index contributed by atoms with van der Waals surface area (Å²) in [5.74, 6) is -0.178. The molecule has 17 heavy (non-hydrogen) atoms. The Morgan fingerprint density at radius 1 is 1.35 bits per heavy atom. The molecule has 2 rings (SSSR count). The molecule has 1 aliphatic rings. The van der Waals surface area contributed by atoms with Gasteiger partial charge >= 0.3 is 0 Å². The zero-order chi connectivity index (χ0) is 12.3. The molecule has 0 aliphatic carbocycles. The second-order valence-corrected chi connectivity index (χ2v) is 4.47. The Morgan fingerprint density at radius 3 is 2.65 bits per heavy atom. The van der Waals surface area contributed by atoms with E-state index in [0.717, 1.165) is 10.9 Å². The van der Waals surface area contributed by atoms with E-state index < -0.39 is 0 Å². The average molecular weight is 297 g/mol. The van der Waals surface area contributed by atoms with Gasteiger partial charge < -0.3 is 10.2 Å². The molecule has 1 heterocycles. The molecular weight excluding hydrogens is 284 g/mol. The molecule has 1 aromatic rings. The highest BCUT2D eigenvalue weighted by molar-refractivity contribution is 9.08. The first-order valence-corrected chi connectivity index (χ1v) is 6.54. The summed E-state index contributed by atoms with van der Waals surface area (Å²) in [5.41, 5.74) is 1.75. The van der Waals surface area contributed by atoms with Crippen LogP contribution in [0.3, 0.4) is 0 Å².